The number of carbonyl (C=O) groups excluding carboxylic acids is 1. The predicted molar refractivity (Wildman–Crippen MR) is 79.2 cm³/mol. The van der Waals surface area contributed by atoms with Crippen LogP contribution in [0, 0.1) is 11.7 Å². The molecule has 1 aromatic heterocycles. The van der Waals surface area contributed by atoms with Gasteiger partial charge in [0.1, 0.15) is 5.60 Å². The molecule has 0 spiro atoms. The van der Waals surface area contributed by atoms with E-state index in [0.717, 1.165) is 18.8 Å². The lowest BCUT2D eigenvalue weighted by molar-refractivity contribution is 0.0289. The standard InChI is InChI=1S/C14H20FN3O3S/c1-14(2,3)21-13(19)18-5-4-10(8-18)9-22(20)12-16-6-11(15)7-17-12/h6-7,10H,4-5,8-9H2,1-3H3/t10-,22-/m1/s1. The summed E-state index contributed by atoms with van der Waals surface area (Å²) in [6, 6.07) is 0. The van der Waals surface area contributed by atoms with Gasteiger partial charge in [-0.2, -0.15) is 0 Å². The first-order chi connectivity index (χ1) is 10.2. The van der Waals surface area contributed by atoms with E-state index in [2.05, 4.69) is 9.97 Å². The predicted octanol–water partition coefficient (Wildman–Crippen LogP) is 1.98. The van der Waals surface area contributed by atoms with Crippen LogP contribution < -0.4 is 0 Å². The molecule has 1 saturated heterocycles. The van der Waals surface area contributed by atoms with E-state index in [9.17, 15) is 13.4 Å². The maximum Gasteiger partial charge on any atom is 0.410 e. The average Bonchev–Trinajstić information content (AvgIpc) is 2.86. The molecule has 1 fully saturated rings. The highest BCUT2D eigenvalue weighted by Gasteiger charge is 2.31. The van der Waals surface area contributed by atoms with Crippen LogP contribution in [-0.4, -0.2) is 49.6 Å². The number of rotatable bonds is 3. The van der Waals surface area contributed by atoms with Crippen LogP contribution in [-0.2, 0) is 15.5 Å². The number of nitrogens with zero attached hydrogens (tertiary/aromatic N) is 3. The van der Waals surface area contributed by atoms with Gasteiger partial charge in [0.15, 0.2) is 5.82 Å². The van der Waals surface area contributed by atoms with E-state index in [4.69, 9.17) is 4.74 Å². The molecule has 0 saturated carbocycles. The monoisotopic (exact) mass is 329 g/mol. The minimum Gasteiger partial charge on any atom is -0.444 e. The molecular weight excluding hydrogens is 309 g/mol. The third-order valence-corrected chi connectivity index (χ3v) is 4.52. The molecule has 1 aliphatic rings. The van der Waals surface area contributed by atoms with Crippen LogP contribution in [0.5, 0.6) is 0 Å². The van der Waals surface area contributed by atoms with Crippen molar-refractivity contribution in [1.82, 2.24) is 14.9 Å². The topological polar surface area (TPSA) is 72.4 Å². The number of carbonyl (C=O) groups is 1. The van der Waals surface area contributed by atoms with Crippen molar-refractivity contribution in [2.24, 2.45) is 5.92 Å². The van der Waals surface area contributed by atoms with E-state index in [1.165, 1.54) is 0 Å². The van der Waals surface area contributed by atoms with Crippen LogP contribution in [0.15, 0.2) is 17.6 Å². The van der Waals surface area contributed by atoms with Gasteiger partial charge >= 0.3 is 6.09 Å². The zero-order chi connectivity index (χ0) is 16.3. The van der Waals surface area contributed by atoms with Gasteiger partial charge in [0.25, 0.3) is 0 Å². The Hall–Kier alpha value is -1.57. The Balaban J connectivity index is 1.87. The maximum atomic E-state index is 12.7. The molecule has 2 rings (SSSR count). The normalized spacial score (nSPS) is 20.0. The molecule has 1 aromatic rings. The summed E-state index contributed by atoms with van der Waals surface area (Å²) in [5.74, 6) is -0.106. The summed E-state index contributed by atoms with van der Waals surface area (Å²) in [4.78, 5) is 21.0. The summed E-state index contributed by atoms with van der Waals surface area (Å²) in [6.07, 6.45) is 2.41. The van der Waals surface area contributed by atoms with Gasteiger partial charge in [-0.05, 0) is 33.1 Å². The number of halogens is 1. The molecule has 22 heavy (non-hydrogen) atoms. The van der Waals surface area contributed by atoms with Crippen LogP contribution in [0.1, 0.15) is 27.2 Å². The molecule has 0 bridgehead atoms. The maximum absolute atomic E-state index is 12.7. The second-order valence-corrected chi connectivity index (χ2v) is 7.67. The van der Waals surface area contributed by atoms with Crippen molar-refractivity contribution in [1.29, 1.82) is 0 Å². The van der Waals surface area contributed by atoms with E-state index in [1.54, 1.807) is 4.90 Å². The van der Waals surface area contributed by atoms with Crippen LogP contribution in [0.2, 0.25) is 0 Å². The highest BCUT2D eigenvalue weighted by atomic mass is 32.2. The van der Waals surface area contributed by atoms with Crippen LogP contribution in [0.3, 0.4) is 0 Å². The van der Waals surface area contributed by atoms with Crippen LogP contribution in [0.4, 0.5) is 9.18 Å². The van der Waals surface area contributed by atoms with Gasteiger partial charge in [-0.1, -0.05) is 0 Å². The zero-order valence-corrected chi connectivity index (χ0v) is 13.7. The van der Waals surface area contributed by atoms with Gasteiger partial charge < -0.3 is 9.64 Å². The Morgan fingerprint density at radius 3 is 2.68 bits per heavy atom. The zero-order valence-electron chi connectivity index (χ0n) is 12.9. The summed E-state index contributed by atoms with van der Waals surface area (Å²) in [6.45, 7) is 6.54. The van der Waals surface area contributed by atoms with E-state index in [0.29, 0.717) is 18.8 Å². The highest BCUT2D eigenvalue weighted by Crippen LogP contribution is 2.21. The Bertz CT molecular complexity index is 559. The Morgan fingerprint density at radius 2 is 2.09 bits per heavy atom. The Kier molecular flexibility index (Phi) is 5.10. The van der Waals surface area contributed by atoms with Gasteiger partial charge in [0.2, 0.25) is 5.16 Å². The smallest absolute Gasteiger partial charge is 0.410 e. The lowest BCUT2D eigenvalue weighted by Gasteiger charge is -2.24. The summed E-state index contributed by atoms with van der Waals surface area (Å²) in [5.41, 5.74) is -0.528. The average molecular weight is 329 g/mol. The molecule has 0 aromatic carbocycles. The lowest BCUT2D eigenvalue weighted by Crippen LogP contribution is -2.35. The fraction of sp³-hybridized carbons (Fsp3) is 0.643. The van der Waals surface area contributed by atoms with Crippen molar-refractivity contribution in [3.05, 3.63) is 18.2 Å². The quantitative estimate of drug-likeness (QED) is 0.793. The number of ether oxygens (including phenoxy) is 1. The number of likely N-dealkylation sites (tertiary alicyclic amines) is 1. The van der Waals surface area contributed by atoms with Crippen LogP contribution >= 0.6 is 0 Å². The molecule has 1 amide bonds. The van der Waals surface area contributed by atoms with Crippen molar-refractivity contribution in [2.75, 3.05) is 18.8 Å². The highest BCUT2D eigenvalue weighted by molar-refractivity contribution is 7.84. The fourth-order valence-electron chi connectivity index (χ4n) is 2.17. The number of amides is 1. The minimum absolute atomic E-state index is 0.0991. The second-order valence-electron chi connectivity index (χ2n) is 6.28. The first-order valence-electron chi connectivity index (χ1n) is 7.08. The van der Waals surface area contributed by atoms with E-state index in [-0.39, 0.29) is 17.2 Å². The summed E-state index contributed by atoms with van der Waals surface area (Å²) >= 11 is 0. The van der Waals surface area contributed by atoms with E-state index >= 15 is 0 Å². The van der Waals surface area contributed by atoms with E-state index in [1.807, 2.05) is 20.8 Å². The SMILES string of the molecule is CC(C)(C)OC(=O)N1CC[C@@H](C[S@@](=O)c2ncc(F)cn2)C1. The largest absolute Gasteiger partial charge is 0.444 e. The second kappa shape index (κ2) is 6.68. The number of aromatic nitrogens is 2. The van der Waals surface area contributed by atoms with Gasteiger partial charge in [0.05, 0.1) is 23.2 Å². The number of hydrogen-bond donors (Lipinski definition) is 0. The Labute approximate surface area is 131 Å². The molecule has 0 radical (unpaired) electrons. The Morgan fingerprint density at radius 1 is 1.45 bits per heavy atom. The molecule has 1 aliphatic heterocycles. The molecule has 2 heterocycles. The molecule has 122 valence electrons. The van der Waals surface area contributed by atoms with E-state index < -0.39 is 22.2 Å². The molecule has 8 heteroatoms. The van der Waals surface area contributed by atoms with Crippen molar-refractivity contribution in [3.63, 3.8) is 0 Å². The summed E-state index contributed by atoms with van der Waals surface area (Å²) < 4.78 is 30.2. The third kappa shape index (κ3) is 4.72. The molecular formula is C14H20FN3O3S. The summed E-state index contributed by atoms with van der Waals surface area (Å²) in [5, 5.41) is 0.122. The third-order valence-electron chi connectivity index (χ3n) is 3.12. The van der Waals surface area contributed by atoms with Crippen molar-refractivity contribution in [2.45, 2.75) is 37.9 Å². The fourth-order valence-corrected chi connectivity index (χ4v) is 3.36. The molecule has 0 aliphatic carbocycles. The minimum atomic E-state index is -1.40. The molecule has 2 atom stereocenters. The lowest BCUT2D eigenvalue weighted by atomic mass is 10.2. The molecule has 6 nitrogen and oxygen atoms in total. The molecule has 0 unspecified atom stereocenters. The van der Waals surface area contributed by atoms with Crippen LogP contribution in [0.25, 0.3) is 0 Å². The van der Waals surface area contributed by atoms with Gasteiger partial charge in [0, 0.05) is 18.8 Å². The van der Waals surface area contributed by atoms with Gasteiger partial charge in [-0.25, -0.2) is 19.2 Å². The molecule has 0 N–H and O–H groups in total. The summed E-state index contributed by atoms with van der Waals surface area (Å²) in [7, 11) is -1.40. The van der Waals surface area contributed by atoms with Crippen molar-refractivity contribution >= 4 is 16.9 Å². The first kappa shape index (κ1) is 16.8. The van der Waals surface area contributed by atoms with Gasteiger partial charge in [-0.3, -0.25) is 4.21 Å². The number of hydrogen-bond acceptors (Lipinski definition) is 5. The first-order valence-corrected chi connectivity index (χ1v) is 8.40. The van der Waals surface area contributed by atoms with Gasteiger partial charge in [-0.15, -0.1) is 0 Å². The van der Waals surface area contributed by atoms with Crippen molar-refractivity contribution in [3.8, 4) is 0 Å². The van der Waals surface area contributed by atoms with Crippen molar-refractivity contribution < 1.29 is 18.1 Å².